The number of nitrogens with one attached hydrogen (secondary N) is 2. The maximum Gasteiger partial charge on any atom is 0.357 e. The van der Waals surface area contributed by atoms with Crippen LogP contribution in [-0.4, -0.2) is 101 Å². The lowest BCUT2D eigenvalue weighted by Crippen LogP contribution is -2.32. The molecule has 8 aromatic carbocycles. The third-order valence-corrected chi connectivity index (χ3v) is 21.4. The second-order valence-corrected chi connectivity index (χ2v) is 31.9. The van der Waals surface area contributed by atoms with Crippen molar-refractivity contribution in [3.8, 4) is 45.9 Å². The fraction of sp³-hybridized carbons (Fsp3) is 0.286. The van der Waals surface area contributed by atoms with Crippen LogP contribution in [0.5, 0.6) is 23.0 Å². The number of aromatic nitrogens is 2. The van der Waals surface area contributed by atoms with Crippen molar-refractivity contribution < 1.29 is 97.8 Å². The van der Waals surface area contributed by atoms with Gasteiger partial charge >= 0.3 is 31.5 Å². The monoisotopic (exact) mass is 1550 g/mol. The zero-order valence-electron chi connectivity index (χ0n) is 62.7. The Balaban J connectivity index is 0.000000194. The molecule has 2 aromatic heterocycles. The molecule has 0 spiro atoms. The molecule has 1 saturated heterocycles. The Labute approximate surface area is 644 Å². The van der Waals surface area contributed by atoms with E-state index in [1.54, 1.807) is 120 Å². The van der Waals surface area contributed by atoms with Gasteiger partial charge < -0.3 is 47.8 Å². The van der Waals surface area contributed by atoms with E-state index in [-0.39, 0.29) is 25.0 Å². The summed E-state index contributed by atoms with van der Waals surface area (Å²) >= 11 is 0. The minimum Gasteiger partial charge on any atom is -0.493 e. The van der Waals surface area contributed by atoms with Gasteiger partial charge in [0, 0.05) is 47.2 Å². The van der Waals surface area contributed by atoms with E-state index in [2.05, 4.69) is 25.6 Å². The fourth-order valence-corrected chi connectivity index (χ4v) is 14.4. The van der Waals surface area contributed by atoms with Gasteiger partial charge in [-0.25, -0.2) is 19.6 Å². The van der Waals surface area contributed by atoms with Crippen LogP contribution in [0.1, 0.15) is 110 Å². The largest absolute Gasteiger partial charge is 0.493 e. The van der Waals surface area contributed by atoms with Crippen molar-refractivity contribution in [1.29, 1.82) is 0 Å². The van der Waals surface area contributed by atoms with Gasteiger partial charge in [-0.2, -0.15) is 13.9 Å². The van der Waals surface area contributed by atoms with Gasteiger partial charge in [0.15, 0.2) is 10.8 Å². The number of carbonyl (C=O) groups is 6. The maximum absolute atomic E-state index is 13.7. The highest BCUT2D eigenvalue weighted by atomic mass is 32.2. The van der Waals surface area contributed by atoms with Gasteiger partial charge in [-0.1, -0.05) is 133 Å². The fourth-order valence-electron chi connectivity index (χ4n) is 10.9. The molecule has 2 unspecified atom stereocenters. The molecule has 25 nitrogen and oxygen atoms in total. The number of ketones is 1. The Bertz CT molecular complexity index is 4860. The Morgan fingerprint density at radius 3 is 1.54 bits per heavy atom. The second-order valence-electron chi connectivity index (χ2n) is 27.7. The van der Waals surface area contributed by atoms with Gasteiger partial charge in [0.1, 0.15) is 46.5 Å². The SMILES string of the molecule is CC(C)(C)C(=O)OCOP(=O)(OCOC(=O)C(C)(C)C)C(CCCc1cccc(Oc2ccccc2)c1)S(=O)(=O)O.Cc1oc(-c2ccccc2)nc1CCOc1ccc(CC2C(=O)NOC2=O)cc1.Cc1oc(-c2ccccc2)nc1CCOc1ccc(C[C@H](Nc2ccccc2C(=O)c2ccccc2)C(=O)O)cc1. The van der Waals surface area contributed by atoms with Crippen LogP contribution in [0, 0.1) is 30.6 Å². The molecular weight excluding hydrogens is 1460 g/mol. The number of rotatable bonds is 33. The zero-order chi connectivity index (χ0) is 79.7. The Morgan fingerprint density at radius 2 is 1.05 bits per heavy atom. The number of carboxylic acids is 1. The number of para-hydroxylation sites is 2. The highest BCUT2D eigenvalue weighted by molar-refractivity contribution is 7.94. The maximum atomic E-state index is 13.7. The van der Waals surface area contributed by atoms with Crippen LogP contribution in [0.3, 0.4) is 0 Å². The number of benzene rings is 8. The molecule has 27 heteroatoms. The van der Waals surface area contributed by atoms with E-state index in [0.717, 1.165) is 50.7 Å². The van der Waals surface area contributed by atoms with Crippen LogP contribution in [0.4, 0.5) is 5.69 Å². The average Bonchev–Trinajstić information content (AvgIpc) is 1.78. The van der Waals surface area contributed by atoms with Gasteiger partial charge in [-0.15, -0.1) is 0 Å². The predicted octanol–water partition coefficient (Wildman–Crippen LogP) is 16.0. The number of amides is 1. The van der Waals surface area contributed by atoms with Gasteiger partial charge in [0.05, 0.1) is 35.4 Å². The molecule has 10 aromatic rings. The van der Waals surface area contributed by atoms with E-state index in [0.29, 0.717) is 90.5 Å². The van der Waals surface area contributed by atoms with Gasteiger partial charge in [0.2, 0.25) is 25.4 Å². The molecule has 0 bridgehead atoms. The molecule has 111 heavy (non-hydrogen) atoms. The number of nitrogens with zero attached hydrogens (tertiary/aromatic N) is 2. The standard InChI is InChI=1S/C34H30N2O5.C28H39O11PS.C22H20N2O5/c1-23-29(36-33(41-23)26-12-6-3-7-13-26)20-21-40-27-18-16-24(17-19-27)22-31(34(38)39)35-30-15-9-8-14-28(30)32(37)25-10-4-2-5-11-25;1-27(2,3)25(29)35-19-37-40(31,38-20-36-26(30)28(4,5)6)24(41(32,33)34)17-11-13-21-12-10-16-23(18-21)39-22-14-8-7-9-15-22;1-14-19(23-21(28-14)16-5-3-2-4-6-16)11-12-27-17-9-7-15(8-10-17)13-18-20(25)24-29-22(18)26/h2-19,31,35H,20-22H2,1H3,(H,38,39);7-10,12,14-16,18,24H,11,13,17,19-20H2,1-6H3,(H,32,33,34);2-10,18H,11-13H2,1H3,(H,24,25)/t31-;;/m0../s1. The first-order valence-electron chi connectivity index (χ1n) is 35.7. The van der Waals surface area contributed by atoms with E-state index >= 15 is 0 Å². The summed E-state index contributed by atoms with van der Waals surface area (Å²) in [5.74, 6) is 1.00. The number of carboxylic acid groups (broad SMARTS) is 1. The van der Waals surface area contributed by atoms with Crippen molar-refractivity contribution in [2.24, 2.45) is 16.7 Å². The van der Waals surface area contributed by atoms with Crippen LogP contribution in [0.2, 0.25) is 0 Å². The number of aryl methyl sites for hydroxylation is 3. The number of hydroxylamine groups is 1. The lowest BCUT2D eigenvalue weighted by molar-refractivity contribution is -0.162. The summed E-state index contributed by atoms with van der Waals surface area (Å²) in [4.78, 5) is 84.2. The van der Waals surface area contributed by atoms with Crippen LogP contribution in [0.25, 0.3) is 22.9 Å². The predicted molar refractivity (Wildman–Crippen MR) is 413 cm³/mol. The van der Waals surface area contributed by atoms with Crippen LogP contribution in [-0.2, 0) is 94.1 Å². The highest BCUT2D eigenvalue weighted by Gasteiger charge is 2.46. The van der Waals surface area contributed by atoms with Gasteiger partial charge in [-0.3, -0.25) is 37.3 Å². The summed E-state index contributed by atoms with van der Waals surface area (Å²) in [7, 11) is -9.76. The van der Waals surface area contributed by atoms with Crippen molar-refractivity contribution in [2.75, 3.05) is 32.1 Å². The smallest absolute Gasteiger partial charge is 0.357 e. The molecule has 11 rings (SSSR count). The molecule has 0 radical (unpaired) electrons. The van der Waals surface area contributed by atoms with E-state index in [9.17, 15) is 51.4 Å². The van der Waals surface area contributed by atoms with E-state index < -0.39 is 88.9 Å². The van der Waals surface area contributed by atoms with Crippen LogP contribution >= 0.6 is 7.60 Å². The summed E-state index contributed by atoms with van der Waals surface area (Å²) in [6.07, 6.45) is 1.86. The second kappa shape index (κ2) is 39.2. The lowest BCUT2D eigenvalue weighted by Gasteiger charge is -2.26. The molecule has 3 heterocycles. The van der Waals surface area contributed by atoms with Crippen LogP contribution < -0.4 is 25.0 Å². The minimum atomic E-state index is -5.00. The Hall–Kier alpha value is -11.5. The summed E-state index contributed by atoms with van der Waals surface area (Å²) in [6.45, 7) is 12.3. The topological polar surface area (TPSA) is 344 Å². The normalized spacial score (nSPS) is 13.3. The number of anilines is 1. The van der Waals surface area contributed by atoms with E-state index in [4.69, 9.17) is 41.6 Å². The minimum absolute atomic E-state index is 0.138. The zero-order valence-corrected chi connectivity index (χ0v) is 64.4. The molecule has 3 atom stereocenters. The highest BCUT2D eigenvalue weighted by Crippen LogP contribution is 2.57. The number of carbonyl (C=O) groups excluding carboxylic acids is 5. The van der Waals surface area contributed by atoms with Crippen molar-refractivity contribution in [1.82, 2.24) is 15.4 Å². The number of hydrogen-bond donors (Lipinski definition) is 4. The number of ether oxygens (including phenoxy) is 5. The van der Waals surface area contributed by atoms with Gasteiger partial charge in [0.25, 0.3) is 16.0 Å². The van der Waals surface area contributed by atoms with Crippen molar-refractivity contribution in [3.05, 3.63) is 269 Å². The third kappa shape index (κ3) is 25.3. The first-order chi connectivity index (χ1) is 53.0. The summed E-state index contributed by atoms with van der Waals surface area (Å²) in [6, 6.07) is 65.4. The van der Waals surface area contributed by atoms with Gasteiger partial charge in [-0.05, 0) is 183 Å². The van der Waals surface area contributed by atoms with Crippen molar-refractivity contribution in [3.63, 3.8) is 0 Å². The first-order valence-corrected chi connectivity index (χ1v) is 38.8. The summed E-state index contributed by atoms with van der Waals surface area (Å²) < 4.78 is 97.9. The average molecular weight is 1550 g/mol. The lowest BCUT2D eigenvalue weighted by atomic mass is 9.98. The van der Waals surface area contributed by atoms with E-state index in [1.165, 1.54) is 0 Å². The van der Waals surface area contributed by atoms with Crippen molar-refractivity contribution in [2.45, 2.75) is 111 Å². The van der Waals surface area contributed by atoms with E-state index in [1.807, 2.05) is 153 Å². The molecule has 1 aliphatic heterocycles. The molecule has 0 saturated carbocycles. The number of aliphatic carboxylic acids is 1. The van der Waals surface area contributed by atoms with Crippen molar-refractivity contribution >= 4 is 59.0 Å². The quantitative estimate of drug-likeness (QED) is 0.00564. The number of oxazole rings is 2. The molecule has 4 N–H and O–H groups in total. The Kier molecular flexibility index (Phi) is 29.5. The molecule has 1 amide bonds. The molecule has 582 valence electrons. The first kappa shape index (κ1) is 83.5. The van der Waals surface area contributed by atoms with Crippen LogP contribution in [0.15, 0.2) is 227 Å². The summed E-state index contributed by atoms with van der Waals surface area (Å²) in [5.41, 5.74) is 7.75. The third-order valence-electron chi connectivity index (χ3n) is 17.0. The molecular formula is C84H89N4O21PS. The molecule has 1 fully saturated rings. The Morgan fingerprint density at radius 1 is 0.577 bits per heavy atom. The molecule has 1 aliphatic rings. The molecule has 0 aliphatic carbocycles. The number of esters is 2. The summed E-state index contributed by atoms with van der Waals surface area (Å²) in [5, 5.41) is 13.0. The number of hydrogen-bond acceptors (Lipinski definition) is 22.